The summed E-state index contributed by atoms with van der Waals surface area (Å²) in [6, 6.07) is 4.42. The average molecular weight is 339 g/mol. The van der Waals surface area contributed by atoms with Gasteiger partial charge in [0.2, 0.25) is 0 Å². The van der Waals surface area contributed by atoms with E-state index in [-0.39, 0.29) is 5.91 Å². The maximum atomic E-state index is 12.8. The summed E-state index contributed by atoms with van der Waals surface area (Å²) in [6.45, 7) is 7.76. The van der Waals surface area contributed by atoms with Crippen molar-refractivity contribution < 1.29 is 18.0 Å². The Morgan fingerprint density at radius 2 is 2.00 bits per heavy atom. The van der Waals surface area contributed by atoms with Crippen LogP contribution in [-0.2, 0) is 12.7 Å². The van der Waals surface area contributed by atoms with Gasteiger partial charge >= 0.3 is 6.18 Å². The second-order valence-electron chi connectivity index (χ2n) is 5.68. The smallest absolute Gasteiger partial charge is 0.345 e. The van der Waals surface area contributed by atoms with Crippen LogP contribution in [0.2, 0.25) is 0 Å². The van der Waals surface area contributed by atoms with Crippen LogP contribution >= 0.6 is 0 Å². The number of benzene rings is 1. The molecule has 24 heavy (non-hydrogen) atoms. The second kappa shape index (κ2) is 6.67. The van der Waals surface area contributed by atoms with Gasteiger partial charge in [0, 0.05) is 12.2 Å². The number of carbonyl (C=O) groups is 1. The SMILES string of the molecule is CCn1nc(C)c(C(=O)N[C@@H](C)c2cccc(C(F)(F)F)c2)c1C. The summed E-state index contributed by atoms with van der Waals surface area (Å²) < 4.78 is 40.1. The highest BCUT2D eigenvalue weighted by molar-refractivity contribution is 5.96. The van der Waals surface area contributed by atoms with Gasteiger partial charge in [0.1, 0.15) is 0 Å². The third-order valence-corrected chi connectivity index (χ3v) is 3.97. The zero-order chi connectivity index (χ0) is 18.1. The molecule has 1 aromatic heterocycles. The lowest BCUT2D eigenvalue weighted by atomic mass is 10.0. The summed E-state index contributed by atoms with van der Waals surface area (Å²) >= 11 is 0. The van der Waals surface area contributed by atoms with Crippen molar-refractivity contribution >= 4 is 5.91 Å². The molecule has 4 nitrogen and oxygen atoms in total. The number of carbonyl (C=O) groups excluding carboxylic acids is 1. The van der Waals surface area contributed by atoms with Crippen LogP contribution in [0.15, 0.2) is 24.3 Å². The molecule has 130 valence electrons. The highest BCUT2D eigenvalue weighted by Crippen LogP contribution is 2.30. The lowest BCUT2D eigenvalue weighted by Crippen LogP contribution is -2.27. The van der Waals surface area contributed by atoms with Gasteiger partial charge < -0.3 is 5.32 Å². The minimum absolute atomic E-state index is 0.338. The Morgan fingerprint density at radius 3 is 2.54 bits per heavy atom. The van der Waals surface area contributed by atoms with E-state index in [9.17, 15) is 18.0 Å². The van der Waals surface area contributed by atoms with Crippen LogP contribution in [0.4, 0.5) is 13.2 Å². The first-order valence-corrected chi connectivity index (χ1v) is 7.67. The van der Waals surface area contributed by atoms with E-state index < -0.39 is 17.8 Å². The van der Waals surface area contributed by atoms with Gasteiger partial charge in [0.05, 0.1) is 22.9 Å². The molecule has 0 bridgehead atoms. The molecule has 0 radical (unpaired) electrons. The Labute approximate surface area is 138 Å². The highest BCUT2D eigenvalue weighted by Gasteiger charge is 2.31. The normalized spacial score (nSPS) is 13.0. The number of alkyl halides is 3. The first kappa shape index (κ1) is 18.0. The minimum atomic E-state index is -4.41. The van der Waals surface area contributed by atoms with E-state index in [0.717, 1.165) is 17.8 Å². The molecular formula is C17H20F3N3O. The molecule has 1 amide bonds. The molecule has 1 N–H and O–H groups in total. The van der Waals surface area contributed by atoms with E-state index in [0.29, 0.717) is 23.4 Å². The number of amides is 1. The largest absolute Gasteiger partial charge is 0.416 e. The predicted octanol–water partition coefficient (Wildman–Crippen LogP) is 4.03. The summed E-state index contributed by atoms with van der Waals surface area (Å²) in [5, 5.41) is 7.03. The summed E-state index contributed by atoms with van der Waals surface area (Å²) in [5.74, 6) is -0.338. The quantitative estimate of drug-likeness (QED) is 0.914. The highest BCUT2D eigenvalue weighted by atomic mass is 19.4. The summed E-state index contributed by atoms with van der Waals surface area (Å²) in [5.41, 5.74) is 1.48. The average Bonchev–Trinajstić information content (AvgIpc) is 2.80. The van der Waals surface area contributed by atoms with Gasteiger partial charge in [0.15, 0.2) is 0 Å². The Hall–Kier alpha value is -2.31. The molecule has 2 rings (SSSR count). The lowest BCUT2D eigenvalue weighted by Gasteiger charge is -2.16. The fourth-order valence-corrected chi connectivity index (χ4v) is 2.67. The van der Waals surface area contributed by atoms with Crippen molar-refractivity contribution in [1.82, 2.24) is 15.1 Å². The van der Waals surface area contributed by atoms with E-state index in [4.69, 9.17) is 0 Å². The monoisotopic (exact) mass is 339 g/mol. The molecule has 0 unspecified atom stereocenters. The van der Waals surface area contributed by atoms with E-state index in [2.05, 4.69) is 10.4 Å². The zero-order valence-electron chi connectivity index (χ0n) is 14.0. The molecule has 0 aliphatic heterocycles. The number of aryl methyl sites for hydroxylation is 2. The third kappa shape index (κ3) is 3.60. The molecule has 1 atom stereocenters. The molecule has 1 aromatic carbocycles. The standard InChI is InChI=1S/C17H20F3N3O/c1-5-23-12(4)15(11(3)22-23)16(24)21-10(2)13-7-6-8-14(9-13)17(18,19)20/h6-10H,5H2,1-4H3,(H,21,24)/t10-/m0/s1. The van der Waals surface area contributed by atoms with Gasteiger partial charge in [0.25, 0.3) is 5.91 Å². The van der Waals surface area contributed by atoms with Crippen LogP contribution < -0.4 is 5.32 Å². The van der Waals surface area contributed by atoms with Crippen LogP contribution in [0.3, 0.4) is 0 Å². The maximum Gasteiger partial charge on any atom is 0.416 e. The van der Waals surface area contributed by atoms with E-state index in [1.807, 2.05) is 6.92 Å². The van der Waals surface area contributed by atoms with Gasteiger partial charge in [-0.1, -0.05) is 12.1 Å². The molecule has 0 saturated carbocycles. The zero-order valence-corrected chi connectivity index (χ0v) is 14.0. The topological polar surface area (TPSA) is 46.9 Å². The van der Waals surface area contributed by atoms with Crippen LogP contribution in [0.1, 0.15) is 52.8 Å². The fraction of sp³-hybridized carbons (Fsp3) is 0.412. The molecule has 2 aromatic rings. The van der Waals surface area contributed by atoms with Gasteiger partial charge in [-0.25, -0.2) is 0 Å². The van der Waals surface area contributed by atoms with Crippen LogP contribution in [0.5, 0.6) is 0 Å². The molecule has 0 spiro atoms. The van der Waals surface area contributed by atoms with E-state index in [1.54, 1.807) is 31.5 Å². The molecule has 0 aliphatic rings. The molecule has 0 fully saturated rings. The van der Waals surface area contributed by atoms with Gasteiger partial charge in [-0.15, -0.1) is 0 Å². The third-order valence-electron chi connectivity index (χ3n) is 3.97. The lowest BCUT2D eigenvalue weighted by molar-refractivity contribution is -0.137. The van der Waals surface area contributed by atoms with Crippen molar-refractivity contribution in [2.24, 2.45) is 0 Å². The Kier molecular flexibility index (Phi) is 5.01. The summed E-state index contributed by atoms with van der Waals surface area (Å²) in [4.78, 5) is 12.5. The Balaban J connectivity index is 2.22. The van der Waals surface area contributed by atoms with Gasteiger partial charge in [-0.3, -0.25) is 9.48 Å². The fourth-order valence-electron chi connectivity index (χ4n) is 2.67. The molecular weight excluding hydrogens is 319 g/mol. The number of halogens is 3. The number of rotatable bonds is 4. The first-order chi connectivity index (χ1) is 11.1. The second-order valence-corrected chi connectivity index (χ2v) is 5.68. The van der Waals surface area contributed by atoms with Gasteiger partial charge in [-0.05, 0) is 45.4 Å². The first-order valence-electron chi connectivity index (χ1n) is 7.67. The Bertz CT molecular complexity index is 750. The van der Waals surface area contributed by atoms with Crippen molar-refractivity contribution in [3.8, 4) is 0 Å². The molecule has 7 heteroatoms. The Morgan fingerprint density at radius 1 is 1.33 bits per heavy atom. The maximum absolute atomic E-state index is 12.8. The van der Waals surface area contributed by atoms with Crippen LogP contribution in [0, 0.1) is 13.8 Å². The molecule has 0 saturated heterocycles. The van der Waals surface area contributed by atoms with Crippen molar-refractivity contribution in [3.05, 3.63) is 52.3 Å². The van der Waals surface area contributed by atoms with Crippen LogP contribution in [-0.4, -0.2) is 15.7 Å². The van der Waals surface area contributed by atoms with E-state index >= 15 is 0 Å². The number of nitrogens with one attached hydrogen (secondary N) is 1. The van der Waals surface area contributed by atoms with Crippen molar-refractivity contribution in [2.75, 3.05) is 0 Å². The summed E-state index contributed by atoms with van der Waals surface area (Å²) in [7, 11) is 0. The number of hydrogen-bond acceptors (Lipinski definition) is 2. The van der Waals surface area contributed by atoms with Crippen molar-refractivity contribution in [1.29, 1.82) is 0 Å². The predicted molar refractivity (Wildman–Crippen MR) is 84.7 cm³/mol. The van der Waals surface area contributed by atoms with Gasteiger partial charge in [-0.2, -0.15) is 18.3 Å². The summed E-state index contributed by atoms with van der Waals surface area (Å²) in [6.07, 6.45) is -4.41. The van der Waals surface area contributed by atoms with Crippen molar-refractivity contribution in [3.63, 3.8) is 0 Å². The number of aromatic nitrogens is 2. The van der Waals surface area contributed by atoms with Crippen LogP contribution in [0.25, 0.3) is 0 Å². The molecule has 1 heterocycles. The minimum Gasteiger partial charge on any atom is -0.345 e. The molecule has 0 aliphatic carbocycles. The number of nitrogens with zero attached hydrogens (tertiary/aromatic N) is 2. The van der Waals surface area contributed by atoms with Crippen molar-refractivity contribution in [2.45, 2.75) is 46.5 Å². The van der Waals surface area contributed by atoms with E-state index in [1.165, 1.54) is 6.07 Å². The number of hydrogen-bond donors (Lipinski definition) is 1.